The molecule has 0 aliphatic heterocycles. The minimum atomic E-state index is -3.79. The smallest absolute Gasteiger partial charge is 0.261 e. The number of nitrogens with one attached hydrogen (secondary N) is 1. The first-order chi connectivity index (χ1) is 12.3. The number of hydrogen-bond acceptors (Lipinski definition) is 6. The minimum absolute atomic E-state index is 0.0802. The van der Waals surface area contributed by atoms with Gasteiger partial charge in [-0.2, -0.15) is 4.98 Å². The summed E-state index contributed by atoms with van der Waals surface area (Å²) in [5.41, 5.74) is 2.78. The van der Waals surface area contributed by atoms with Crippen LogP contribution in [0.4, 0.5) is 5.69 Å². The third-order valence-corrected chi connectivity index (χ3v) is 5.25. The Labute approximate surface area is 152 Å². The van der Waals surface area contributed by atoms with Crippen molar-refractivity contribution in [2.45, 2.75) is 25.7 Å². The summed E-state index contributed by atoms with van der Waals surface area (Å²) in [5.74, 6) is 1.10. The number of rotatable bonds is 5. The van der Waals surface area contributed by atoms with E-state index in [-0.39, 0.29) is 10.7 Å². The van der Waals surface area contributed by atoms with E-state index in [9.17, 15) is 8.42 Å². The lowest BCUT2D eigenvalue weighted by Gasteiger charge is -2.13. The van der Waals surface area contributed by atoms with E-state index in [0.29, 0.717) is 22.9 Å². The fourth-order valence-electron chi connectivity index (χ4n) is 2.49. The lowest BCUT2D eigenvalue weighted by molar-refractivity contribution is 0.392. The van der Waals surface area contributed by atoms with Crippen LogP contribution in [0.1, 0.15) is 17.0 Å². The molecule has 26 heavy (non-hydrogen) atoms. The van der Waals surface area contributed by atoms with Crippen molar-refractivity contribution in [1.82, 2.24) is 10.1 Å². The van der Waals surface area contributed by atoms with Crippen molar-refractivity contribution in [2.24, 2.45) is 0 Å². The monoisotopic (exact) mass is 373 g/mol. The van der Waals surface area contributed by atoms with E-state index in [4.69, 9.17) is 9.26 Å². The Bertz CT molecular complexity index is 1060. The van der Waals surface area contributed by atoms with Gasteiger partial charge < -0.3 is 9.26 Å². The van der Waals surface area contributed by atoms with Gasteiger partial charge in [0.2, 0.25) is 11.7 Å². The number of hydrogen-bond donors (Lipinski definition) is 1. The number of methoxy groups -OCH3 is 1. The van der Waals surface area contributed by atoms with Crippen LogP contribution in [-0.4, -0.2) is 25.7 Å². The van der Waals surface area contributed by atoms with E-state index in [2.05, 4.69) is 14.9 Å². The molecule has 0 spiro atoms. The number of ether oxygens (including phenoxy) is 1. The average molecular weight is 373 g/mol. The van der Waals surface area contributed by atoms with Gasteiger partial charge in [0.05, 0.1) is 23.3 Å². The summed E-state index contributed by atoms with van der Waals surface area (Å²) in [5, 5.41) is 3.85. The predicted molar refractivity (Wildman–Crippen MR) is 97.7 cm³/mol. The van der Waals surface area contributed by atoms with Gasteiger partial charge in [0, 0.05) is 6.92 Å². The van der Waals surface area contributed by atoms with Crippen molar-refractivity contribution in [1.29, 1.82) is 0 Å². The molecule has 1 N–H and O–H groups in total. The Morgan fingerprint density at radius 2 is 1.85 bits per heavy atom. The van der Waals surface area contributed by atoms with Crippen LogP contribution in [0.15, 0.2) is 45.8 Å². The normalized spacial score (nSPS) is 11.4. The summed E-state index contributed by atoms with van der Waals surface area (Å²) < 4.78 is 38.6. The second kappa shape index (κ2) is 6.80. The zero-order valence-corrected chi connectivity index (χ0v) is 15.7. The minimum Gasteiger partial charge on any atom is -0.496 e. The van der Waals surface area contributed by atoms with E-state index in [1.807, 2.05) is 26.0 Å². The van der Waals surface area contributed by atoms with Crippen LogP contribution in [0, 0.1) is 20.8 Å². The first-order valence-corrected chi connectivity index (χ1v) is 9.37. The lowest BCUT2D eigenvalue weighted by atomic mass is 10.1. The standard InChI is InChI=1S/C18H19N3O4S/c1-11-5-6-12(2)16(9-11)21-26(22,23)14-7-8-17(24-4)15(10-14)18-19-13(3)25-20-18/h5-10,21H,1-4H3. The predicted octanol–water partition coefficient (Wildman–Crippen LogP) is 3.47. The third-order valence-electron chi connectivity index (χ3n) is 3.89. The molecule has 0 bridgehead atoms. The molecule has 0 fully saturated rings. The number of benzene rings is 2. The topological polar surface area (TPSA) is 94.3 Å². The van der Waals surface area contributed by atoms with Crippen molar-refractivity contribution in [3.8, 4) is 17.1 Å². The molecule has 8 heteroatoms. The van der Waals surface area contributed by atoms with Gasteiger partial charge in [-0.1, -0.05) is 17.3 Å². The van der Waals surface area contributed by atoms with Crippen LogP contribution in [0.25, 0.3) is 11.4 Å². The van der Waals surface area contributed by atoms with Crippen molar-refractivity contribution in [3.63, 3.8) is 0 Å². The van der Waals surface area contributed by atoms with E-state index < -0.39 is 10.0 Å². The van der Waals surface area contributed by atoms with Gasteiger partial charge >= 0.3 is 0 Å². The number of anilines is 1. The van der Waals surface area contributed by atoms with Gasteiger partial charge in [-0.05, 0) is 49.2 Å². The zero-order chi connectivity index (χ0) is 18.9. The Morgan fingerprint density at radius 1 is 1.08 bits per heavy atom. The molecule has 3 rings (SSSR count). The Kier molecular flexibility index (Phi) is 4.69. The number of aromatic nitrogens is 2. The summed E-state index contributed by atoms with van der Waals surface area (Å²) >= 11 is 0. The van der Waals surface area contributed by atoms with Crippen LogP contribution >= 0.6 is 0 Å². The first kappa shape index (κ1) is 17.9. The van der Waals surface area contributed by atoms with E-state index in [1.165, 1.54) is 19.2 Å². The Balaban J connectivity index is 2.04. The number of nitrogens with zero attached hydrogens (tertiary/aromatic N) is 2. The second-order valence-electron chi connectivity index (χ2n) is 5.92. The highest BCUT2D eigenvalue weighted by Crippen LogP contribution is 2.31. The molecule has 0 saturated carbocycles. The Hall–Kier alpha value is -2.87. The number of aryl methyl sites for hydroxylation is 3. The first-order valence-electron chi connectivity index (χ1n) is 7.89. The highest BCUT2D eigenvalue weighted by molar-refractivity contribution is 7.92. The molecule has 1 aromatic heterocycles. The van der Waals surface area contributed by atoms with Crippen molar-refractivity contribution in [3.05, 3.63) is 53.4 Å². The molecule has 2 aromatic carbocycles. The average Bonchev–Trinajstić information content (AvgIpc) is 3.03. The largest absolute Gasteiger partial charge is 0.496 e. The summed E-state index contributed by atoms with van der Waals surface area (Å²) in [6.07, 6.45) is 0. The van der Waals surface area contributed by atoms with Gasteiger partial charge in [-0.25, -0.2) is 8.42 Å². The molecule has 3 aromatic rings. The highest BCUT2D eigenvalue weighted by atomic mass is 32.2. The number of sulfonamides is 1. The quantitative estimate of drug-likeness (QED) is 0.736. The fraction of sp³-hybridized carbons (Fsp3) is 0.222. The highest BCUT2D eigenvalue weighted by Gasteiger charge is 2.20. The van der Waals surface area contributed by atoms with E-state index >= 15 is 0 Å². The second-order valence-corrected chi connectivity index (χ2v) is 7.61. The van der Waals surface area contributed by atoms with Crippen LogP contribution in [0.2, 0.25) is 0 Å². The molecule has 0 amide bonds. The molecule has 0 saturated heterocycles. The third kappa shape index (κ3) is 3.55. The summed E-state index contributed by atoms with van der Waals surface area (Å²) in [4.78, 5) is 4.23. The molecule has 0 radical (unpaired) electrons. The maximum atomic E-state index is 12.8. The molecule has 0 aliphatic rings. The molecule has 0 unspecified atom stereocenters. The van der Waals surface area contributed by atoms with Crippen molar-refractivity contribution >= 4 is 15.7 Å². The van der Waals surface area contributed by atoms with Crippen LogP contribution < -0.4 is 9.46 Å². The summed E-state index contributed by atoms with van der Waals surface area (Å²) in [6, 6.07) is 10.1. The lowest BCUT2D eigenvalue weighted by Crippen LogP contribution is -2.14. The van der Waals surface area contributed by atoms with Crippen LogP contribution in [-0.2, 0) is 10.0 Å². The molecule has 1 heterocycles. The SMILES string of the molecule is COc1ccc(S(=O)(=O)Nc2cc(C)ccc2C)cc1-c1noc(C)n1. The molecule has 136 valence electrons. The molecule has 0 atom stereocenters. The van der Waals surface area contributed by atoms with E-state index in [0.717, 1.165) is 11.1 Å². The molecule has 7 nitrogen and oxygen atoms in total. The van der Waals surface area contributed by atoms with Crippen LogP contribution in [0.3, 0.4) is 0 Å². The van der Waals surface area contributed by atoms with E-state index in [1.54, 1.807) is 19.1 Å². The van der Waals surface area contributed by atoms with Crippen molar-refractivity contribution in [2.75, 3.05) is 11.8 Å². The van der Waals surface area contributed by atoms with Gasteiger partial charge in [0.1, 0.15) is 5.75 Å². The van der Waals surface area contributed by atoms with Gasteiger partial charge in [0.25, 0.3) is 10.0 Å². The Morgan fingerprint density at radius 3 is 2.50 bits per heavy atom. The maximum absolute atomic E-state index is 12.8. The molecule has 0 aliphatic carbocycles. The fourth-order valence-corrected chi connectivity index (χ4v) is 3.63. The maximum Gasteiger partial charge on any atom is 0.261 e. The molecular formula is C18H19N3O4S. The van der Waals surface area contributed by atoms with Gasteiger partial charge in [0.15, 0.2) is 0 Å². The van der Waals surface area contributed by atoms with Gasteiger partial charge in [-0.15, -0.1) is 0 Å². The van der Waals surface area contributed by atoms with Gasteiger partial charge in [-0.3, -0.25) is 4.72 Å². The summed E-state index contributed by atoms with van der Waals surface area (Å²) in [7, 11) is -2.30. The summed E-state index contributed by atoms with van der Waals surface area (Å²) in [6.45, 7) is 5.41. The van der Waals surface area contributed by atoms with Crippen LogP contribution in [0.5, 0.6) is 5.75 Å². The van der Waals surface area contributed by atoms with Crippen molar-refractivity contribution < 1.29 is 17.7 Å². The molecular weight excluding hydrogens is 354 g/mol. The zero-order valence-electron chi connectivity index (χ0n) is 14.9.